The van der Waals surface area contributed by atoms with Crippen LogP contribution in [0.2, 0.25) is 0 Å². The summed E-state index contributed by atoms with van der Waals surface area (Å²) >= 11 is 1.41. The molecule has 2 heterocycles. The van der Waals surface area contributed by atoms with Crippen LogP contribution in [0.1, 0.15) is 15.9 Å². The number of carbonyl (C=O) groups excluding carboxylic acids is 1. The zero-order valence-corrected chi connectivity index (χ0v) is 13.2. The highest BCUT2D eigenvalue weighted by Crippen LogP contribution is 2.40. The third-order valence-electron chi connectivity index (χ3n) is 3.31. The van der Waals surface area contributed by atoms with Crippen molar-refractivity contribution in [2.24, 2.45) is 0 Å². The molecule has 1 aromatic heterocycles. The molecule has 0 saturated carbocycles. The van der Waals surface area contributed by atoms with E-state index in [0.717, 1.165) is 0 Å². The first-order valence-electron chi connectivity index (χ1n) is 6.89. The molecular formula is C17H13NO4S. The number of methoxy groups -OCH3 is 1. The molecule has 1 aliphatic heterocycles. The van der Waals surface area contributed by atoms with Crippen molar-refractivity contribution in [3.8, 4) is 23.3 Å². The molecule has 0 saturated heterocycles. The molecule has 5 nitrogen and oxygen atoms in total. The average molecular weight is 327 g/mol. The summed E-state index contributed by atoms with van der Waals surface area (Å²) in [5.41, 5.74) is 1.21. The zero-order valence-electron chi connectivity index (χ0n) is 12.4. The molecule has 0 amide bonds. The summed E-state index contributed by atoms with van der Waals surface area (Å²) in [7, 11) is 1.53. The Hall–Kier alpha value is -2.78. The van der Waals surface area contributed by atoms with Crippen LogP contribution in [0.25, 0.3) is 6.08 Å². The van der Waals surface area contributed by atoms with Crippen LogP contribution in [0.15, 0.2) is 34.5 Å². The minimum atomic E-state index is -0.303. The Labute approximate surface area is 137 Å². The van der Waals surface area contributed by atoms with E-state index >= 15 is 0 Å². The molecule has 0 aliphatic carbocycles. The fourth-order valence-corrected chi connectivity index (χ4v) is 2.88. The molecule has 1 aliphatic rings. The van der Waals surface area contributed by atoms with Gasteiger partial charge in [0.1, 0.15) is 24.9 Å². The molecule has 6 heteroatoms. The highest BCUT2D eigenvalue weighted by molar-refractivity contribution is 7.08. The molecule has 2 aromatic rings. The Morgan fingerprint density at radius 3 is 2.91 bits per heavy atom. The molecule has 0 spiro atoms. The number of carbonyl (C=O) groups is 1. The van der Waals surface area contributed by atoms with E-state index in [1.165, 1.54) is 24.5 Å². The molecule has 0 bridgehead atoms. The zero-order chi connectivity index (χ0) is 16.2. The Bertz CT molecular complexity index is 785. The largest absolute Gasteiger partial charge is 0.493 e. The van der Waals surface area contributed by atoms with E-state index in [9.17, 15) is 10.1 Å². The van der Waals surface area contributed by atoms with Gasteiger partial charge in [-0.1, -0.05) is 0 Å². The van der Waals surface area contributed by atoms with Gasteiger partial charge in [-0.15, -0.1) is 0 Å². The fraction of sp³-hybridized carbons (Fsp3) is 0.176. The SMILES string of the molecule is COc1cc(C=C(C#N)C(=O)c2ccsc2)cc2c1OCCO2. The molecular weight excluding hydrogens is 314 g/mol. The Kier molecular flexibility index (Phi) is 4.31. The van der Waals surface area contributed by atoms with Gasteiger partial charge in [0.25, 0.3) is 0 Å². The number of rotatable bonds is 4. The maximum Gasteiger partial charge on any atom is 0.204 e. The summed E-state index contributed by atoms with van der Waals surface area (Å²) in [6.07, 6.45) is 1.53. The van der Waals surface area contributed by atoms with E-state index in [-0.39, 0.29) is 11.4 Å². The standard InChI is InChI=1S/C17H13NO4S/c1-20-14-7-11(8-15-17(14)22-4-3-21-15)6-13(9-18)16(19)12-2-5-23-10-12/h2,5-8,10H,3-4H2,1H3. The van der Waals surface area contributed by atoms with Gasteiger partial charge in [-0.2, -0.15) is 16.6 Å². The van der Waals surface area contributed by atoms with Crippen molar-refractivity contribution in [1.29, 1.82) is 5.26 Å². The van der Waals surface area contributed by atoms with Gasteiger partial charge >= 0.3 is 0 Å². The number of nitrogens with zero attached hydrogens (tertiary/aromatic N) is 1. The molecule has 1 aromatic carbocycles. The number of Topliss-reactive ketones (excluding diaryl/α,β-unsaturated/α-hetero) is 1. The Morgan fingerprint density at radius 2 is 2.22 bits per heavy atom. The van der Waals surface area contributed by atoms with Gasteiger partial charge in [-0.05, 0) is 35.2 Å². The summed E-state index contributed by atoms with van der Waals surface area (Å²) in [5.74, 6) is 1.29. The Balaban J connectivity index is 2.00. The van der Waals surface area contributed by atoms with E-state index in [1.807, 2.05) is 6.07 Å². The summed E-state index contributed by atoms with van der Waals surface area (Å²) in [4.78, 5) is 12.3. The lowest BCUT2D eigenvalue weighted by atomic mass is 10.0. The smallest absolute Gasteiger partial charge is 0.204 e. The molecule has 116 valence electrons. The van der Waals surface area contributed by atoms with E-state index in [4.69, 9.17) is 14.2 Å². The minimum absolute atomic E-state index is 0.0575. The third kappa shape index (κ3) is 3.05. The first kappa shape index (κ1) is 15.1. The number of thiophene rings is 1. The van der Waals surface area contributed by atoms with E-state index in [2.05, 4.69) is 0 Å². The van der Waals surface area contributed by atoms with Gasteiger partial charge < -0.3 is 14.2 Å². The lowest BCUT2D eigenvalue weighted by Gasteiger charge is -2.21. The molecule has 0 unspecified atom stereocenters. The van der Waals surface area contributed by atoms with E-state index < -0.39 is 0 Å². The van der Waals surface area contributed by atoms with Crippen LogP contribution in [0.3, 0.4) is 0 Å². The number of ketones is 1. The first-order valence-corrected chi connectivity index (χ1v) is 7.83. The molecule has 3 rings (SSSR count). The third-order valence-corrected chi connectivity index (χ3v) is 3.99. The Morgan fingerprint density at radius 1 is 1.39 bits per heavy atom. The second kappa shape index (κ2) is 6.55. The maximum atomic E-state index is 12.3. The van der Waals surface area contributed by atoms with Gasteiger partial charge in [0.2, 0.25) is 11.5 Å². The highest BCUT2D eigenvalue weighted by Gasteiger charge is 2.19. The van der Waals surface area contributed by atoms with Crippen LogP contribution in [0.4, 0.5) is 0 Å². The van der Waals surface area contributed by atoms with Crippen molar-refractivity contribution in [3.63, 3.8) is 0 Å². The quantitative estimate of drug-likeness (QED) is 0.489. The summed E-state index contributed by atoms with van der Waals surface area (Å²) < 4.78 is 16.4. The molecule has 0 N–H and O–H groups in total. The summed E-state index contributed by atoms with van der Waals surface area (Å²) in [6.45, 7) is 0.904. The van der Waals surface area contributed by atoms with Gasteiger partial charge in [-0.25, -0.2) is 0 Å². The van der Waals surface area contributed by atoms with Crippen LogP contribution in [0.5, 0.6) is 17.2 Å². The van der Waals surface area contributed by atoms with Crippen molar-refractivity contribution < 1.29 is 19.0 Å². The summed E-state index contributed by atoms with van der Waals surface area (Å²) in [6, 6.07) is 7.10. The van der Waals surface area contributed by atoms with Crippen LogP contribution in [-0.4, -0.2) is 26.1 Å². The summed E-state index contributed by atoms with van der Waals surface area (Å²) in [5, 5.41) is 12.8. The van der Waals surface area contributed by atoms with E-state index in [0.29, 0.717) is 41.6 Å². The monoisotopic (exact) mass is 327 g/mol. The van der Waals surface area contributed by atoms with E-state index in [1.54, 1.807) is 29.0 Å². The number of hydrogen-bond donors (Lipinski definition) is 0. The normalized spacial score (nSPS) is 13.3. The highest BCUT2D eigenvalue weighted by atomic mass is 32.1. The van der Waals surface area contributed by atoms with Crippen molar-refractivity contribution in [3.05, 3.63) is 45.7 Å². The maximum absolute atomic E-state index is 12.3. The fourth-order valence-electron chi connectivity index (χ4n) is 2.24. The molecule has 23 heavy (non-hydrogen) atoms. The number of nitriles is 1. The van der Waals surface area contributed by atoms with Crippen LogP contribution in [0, 0.1) is 11.3 Å². The van der Waals surface area contributed by atoms with Crippen molar-refractivity contribution >= 4 is 23.2 Å². The van der Waals surface area contributed by atoms with Crippen molar-refractivity contribution in [2.45, 2.75) is 0 Å². The van der Waals surface area contributed by atoms with Crippen LogP contribution in [-0.2, 0) is 0 Å². The second-order valence-electron chi connectivity index (χ2n) is 4.76. The predicted octanol–water partition coefficient (Wildman–Crippen LogP) is 3.32. The lowest BCUT2D eigenvalue weighted by Crippen LogP contribution is -2.16. The number of hydrogen-bond acceptors (Lipinski definition) is 6. The average Bonchev–Trinajstić information content (AvgIpc) is 3.12. The number of allylic oxidation sites excluding steroid dienone is 1. The van der Waals surface area contributed by atoms with Gasteiger partial charge in [0, 0.05) is 10.9 Å². The molecule has 0 radical (unpaired) electrons. The topological polar surface area (TPSA) is 68.5 Å². The predicted molar refractivity (Wildman–Crippen MR) is 86.2 cm³/mol. The number of ether oxygens (including phenoxy) is 3. The van der Waals surface area contributed by atoms with Gasteiger partial charge in [0.15, 0.2) is 11.5 Å². The lowest BCUT2D eigenvalue weighted by molar-refractivity contribution is 0.104. The first-order chi connectivity index (χ1) is 11.2. The van der Waals surface area contributed by atoms with Crippen molar-refractivity contribution in [1.82, 2.24) is 0 Å². The van der Waals surface area contributed by atoms with Crippen LogP contribution < -0.4 is 14.2 Å². The van der Waals surface area contributed by atoms with Gasteiger partial charge in [-0.3, -0.25) is 4.79 Å². The number of benzene rings is 1. The van der Waals surface area contributed by atoms with Crippen molar-refractivity contribution in [2.75, 3.05) is 20.3 Å². The molecule has 0 atom stereocenters. The number of fused-ring (bicyclic) bond motifs is 1. The molecule has 0 fully saturated rings. The second-order valence-corrected chi connectivity index (χ2v) is 5.54. The van der Waals surface area contributed by atoms with Crippen LogP contribution >= 0.6 is 11.3 Å². The minimum Gasteiger partial charge on any atom is -0.493 e. The van der Waals surface area contributed by atoms with Gasteiger partial charge in [0.05, 0.1) is 7.11 Å².